The number of rotatable bonds is 5. The lowest BCUT2D eigenvalue weighted by Gasteiger charge is -2.25. The van der Waals surface area contributed by atoms with Crippen molar-refractivity contribution in [3.05, 3.63) is 23.2 Å². The summed E-state index contributed by atoms with van der Waals surface area (Å²) in [5.74, 6) is 0. The van der Waals surface area contributed by atoms with Gasteiger partial charge in [0.05, 0.1) is 27.8 Å². The van der Waals surface area contributed by atoms with E-state index in [1.165, 1.54) is 25.3 Å². The molecule has 1 rings (SSSR count). The normalized spacial score (nSPS) is 12.7. The molecule has 7 heteroatoms. The number of halogens is 1. The lowest BCUT2D eigenvalue weighted by molar-refractivity contribution is 0.141. The number of methoxy groups -OCH3 is 1. The molecule has 5 nitrogen and oxygen atoms in total. The van der Waals surface area contributed by atoms with E-state index in [-0.39, 0.29) is 16.5 Å². The Morgan fingerprint density at radius 2 is 2.06 bits per heavy atom. The Morgan fingerprint density at radius 1 is 1.44 bits per heavy atom. The number of nitrogens with one attached hydrogen (secondary N) is 1. The van der Waals surface area contributed by atoms with E-state index in [2.05, 4.69) is 4.72 Å². The van der Waals surface area contributed by atoms with Gasteiger partial charge in [0.1, 0.15) is 0 Å². The van der Waals surface area contributed by atoms with Crippen LogP contribution >= 0.6 is 11.6 Å². The van der Waals surface area contributed by atoms with Crippen LogP contribution in [0.25, 0.3) is 0 Å². The van der Waals surface area contributed by atoms with Gasteiger partial charge in [0.25, 0.3) is 0 Å². The minimum absolute atomic E-state index is 0.0749. The molecule has 0 radical (unpaired) electrons. The second-order valence-corrected chi connectivity index (χ2v) is 6.70. The first-order chi connectivity index (χ1) is 8.18. The summed E-state index contributed by atoms with van der Waals surface area (Å²) in [6.45, 7) is 3.72. The molecule has 0 aliphatic heterocycles. The summed E-state index contributed by atoms with van der Waals surface area (Å²) in [6, 6.07) is 4.19. The van der Waals surface area contributed by atoms with E-state index >= 15 is 0 Å². The van der Waals surface area contributed by atoms with Crippen molar-refractivity contribution >= 4 is 27.3 Å². The zero-order valence-electron chi connectivity index (χ0n) is 10.5. The summed E-state index contributed by atoms with van der Waals surface area (Å²) < 4.78 is 31.7. The lowest BCUT2D eigenvalue weighted by atomic mass is 10.1. The molecule has 0 aromatic heterocycles. The van der Waals surface area contributed by atoms with E-state index in [9.17, 15) is 8.42 Å². The predicted molar refractivity (Wildman–Crippen MR) is 72.1 cm³/mol. The Bertz CT molecular complexity index is 529. The molecular formula is C11H17ClN2O3S. The first kappa shape index (κ1) is 15.2. The van der Waals surface area contributed by atoms with Gasteiger partial charge in [0, 0.05) is 7.11 Å². The van der Waals surface area contributed by atoms with Gasteiger partial charge in [-0.1, -0.05) is 11.6 Å². The van der Waals surface area contributed by atoms with Crippen molar-refractivity contribution in [1.82, 2.24) is 4.72 Å². The van der Waals surface area contributed by atoms with Crippen LogP contribution in [0.4, 0.5) is 5.69 Å². The number of nitrogen functional groups attached to an aromatic ring is 1. The summed E-state index contributed by atoms with van der Waals surface area (Å²) in [6.07, 6.45) is 0. The minimum Gasteiger partial charge on any atom is -0.398 e. The Hall–Kier alpha value is -0.820. The van der Waals surface area contributed by atoms with Crippen molar-refractivity contribution in [2.24, 2.45) is 0 Å². The van der Waals surface area contributed by atoms with Crippen molar-refractivity contribution in [2.45, 2.75) is 24.3 Å². The van der Waals surface area contributed by atoms with Gasteiger partial charge in [-0.3, -0.25) is 0 Å². The third kappa shape index (κ3) is 3.84. The van der Waals surface area contributed by atoms with Crippen LogP contribution < -0.4 is 10.5 Å². The molecular weight excluding hydrogens is 276 g/mol. The maximum atomic E-state index is 12.1. The second-order valence-electron chi connectivity index (χ2n) is 4.61. The van der Waals surface area contributed by atoms with Crippen LogP contribution in [0.3, 0.4) is 0 Å². The second kappa shape index (κ2) is 5.44. The first-order valence-corrected chi connectivity index (χ1v) is 7.12. The highest BCUT2D eigenvalue weighted by molar-refractivity contribution is 7.89. The fourth-order valence-electron chi connectivity index (χ4n) is 1.49. The van der Waals surface area contributed by atoms with Crippen molar-refractivity contribution in [3.63, 3.8) is 0 Å². The first-order valence-electron chi connectivity index (χ1n) is 5.26. The predicted octanol–water partition coefficient (Wildman–Crippen LogP) is 1.63. The van der Waals surface area contributed by atoms with Crippen molar-refractivity contribution in [3.8, 4) is 0 Å². The van der Waals surface area contributed by atoms with Crippen molar-refractivity contribution in [2.75, 3.05) is 19.5 Å². The molecule has 0 bridgehead atoms. The summed E-state index contributed by atoms with van der Waals surface area (Å²) >= 11 is 5.81. The molecule has 0 unspecified atom stereocenters. The van der Waals surface area contributed by atoms with Crippen LogP contribution in [0, 0.1) is 0 Å². The quantitative estimate of drug-likeness (QED) is 0.808. The van der Waals surface area contributed by atoms with Crippen LogP contribution in [0.15, 0.2) is 23.1 Å². The molecule has 1 aromatic carbocycles. The van der Waals surface area contributed by atoms with Gasteiger partial charge >= 0.3 is 0 Å². The van der Waals surface area contributed by atoms with Crippen LogP contribution in [-0.4, -0.2) is 27.7 Å². The van der Waals surface area contributed by atoms with E-state index in [1.807, 2.05) is 0 Å². The molecule has 3 N–H and O–H groups in total. The molecule has 0 aliphatic rings. The number of hydrogen-bond acceptors (Lipinski definition) is 4. The van der Waals surface area contributed by atoms with Crippen LogP contribution in [0.5, 0.6) is 0 Å². The molecule has 0 aliphatic carbocycles. The van der Waals surface area contributed by atoms with Gasteiger partial charge in [0.2, 0.25) is 10.0 Å². The third-order valence-electron chi connectivity index (χ3n) is 2.20. The van der Waals surface area contributed by atoms with Gasteiger partial charge < -0.3 is 10.5 Å². The van der Waals surface area contributed by atoms with Gasteiger partial charge in [-0.05, 0) is 32.0 Å². The molecule has 0 saturated carbocycles. The average Bonchev–Trinajstić information content (AvgIpc) is 2.20. The average molecular weight is 293 g/mol. The number of anilines is 1. The maximum absolute atomic E-state index is 12.1. The van der Waals surface area contributed by atoms with E-state index in [1.54, 1.807) is 13.8 Å². The number of hydrogen-bond donors (Lipinski definition) is 2. The van der Waals surface area contributed by atoms with Gasteiger partial charge in [-0.15, -0.1) is 0 Å². The Kier molecular flexibility index (Phi) is 4.61. The van der Waals surface area contributed by atoms with E-state index in [0.717, 1.165) is 0 Å². The minimum atomic E-state index is -3.65. The van der Waals surface area contributed by atoms with E-state index in [0.29, 0.717) is 5.69 Å². The fraction of sp³-hybridized carbons (Fsp3) is 0.455. The highest BCUT2D eigenvalue weighted by Gasteiger charge is 2.26. The molecule has 0 atom stereocenters. The van der Waals surface area contributed by atoms with Crippen molar-refractivity contribution in [1.29, 1.82) is 0 Å². The molecule has 0 heterocycles. The maximum Gasteiger partial charge on any atom is 0.241 e. The summed E-state index contributed by atoms with van der Waals surface area (Å²) in [5.41, 5.74) is 5.17. The molecule has 1 aromatic rings. The standard InChI is InChI=1S/C11H17ClN2O3S/c1-11(2,7-17-3)14-18(15,16)8-4-5-10(13)9(12)6-8/h4-6,14H,7,13H2,1-3H3. The topological polar surface area (TPSA) is 81.4 Å². The Balaban J connectivity index is 3.03. The zero-order valence-corrected chi connectivity index (χ0v) is 12.1. The molecule has 0 fully saturated rings. The van der Waals surface area contributed by atoms with Crippen LogP contribution in [0.2, 0.25) is 5.02 Å². The van der Waals surface area contributed by atoms with E-state index < -0.39 is 15.6 Å². The molecule has 102 valence electrons. The van der Waals surface area contributed by atoms with Gasteiger partial charge in [-0.25, -0.2) is 13.1 Å². The highest BCUT2D eigenvalue weighted by atomic mass is 35.5. The smallest absolute Gasteiger partial charge is 0.241 e. The van der Waals surface area contributed by atoms with Gasteiger partial charge in [0.15, 0.2) is 0 Å². The Morgan fingerprint density at radius 3 is 2.56 bits per heavy atom. The van der Waals surface area contributed by atoms with Crippen LogP contribution in [0.1, 0.15) is 13.8 Å². The number of ether oxygens (including phenoxy) is 1. The molecule has 0 saturated heterocycles. The number of benzene rings is 1. The highest BCUT2D eigenvalue weighted by Crippen LogP contribution is 2.23. The molecule has 0 spiro atoms. The Labute approximate surface area is 112 Å². The van der Waals surface area contributed by atoms with Crippen LogP contribution in [-0.2, 0) is 14.8 Å². The third-order valence-corrected chi connectivity index (χ3v) is 4.22. The van der Waals surface area contributed by atoms with E-state index in [4.69, 9.17) is 22.1 Å². The zero-order chi connectivity index (χ0) is 14.0. The molecule has 18 heavy (non-hydrogen) atoms. The number of nitrogens with two attached hydrogens (primary N) is 1. The fourth-order valence-corrected chi connectivity index (χ4v) is 3.16. The largest absolute Gasteiger partial charge is 0.398 e. The summed E-state index contributed by atoms with van der Waals surface area (Å²) in [5, 5.41) is 0.211. The van der Waals surface area contributed by atoms with Crippen molar-refractivity contribution < 1.29 is 13.2 Å². The summed E-state index contributed by atoms with van der Waals surface area (Å²) in [4.78, 5) is 0.0749. The monoisotopic (exact) mass is 292 g/mol. The van der Waals surface area contributed by atoms with Gasteiger partial charge in [-0.2, -0.15) is 0 Å². The summed E-state index contributed by atoms with van der Waals surface area (Å²) in [7, 11) is -2.14. The lowest BCUT2D eigenvalue weighted by Crippen LogP contribution is -2.46. The SMILES string of the molecule is COCC(C)(C)NS(=O)(=O)c1ccc(N)c(Cl)c1. The molecule has 0 amide bonds. The number of sulfonamides is 1.